The molecule has 20 heavy (non-hydrogen) atoms. The minimum Gasteiger partial charge on any atom is -0.373 e. The predicted molar refractivity (Wildman–Crippen MR) is 70.3 cm³/mol. The Labute approximate surface area is 114 Å². The Bertz CT molecular complexity index is 570. The predicted octanol–water partition coefficient (Wildman–Crippen LogP) is 3.15. The van der Waals surface area contributed by atoms with Crippen LogP contribution in [0.4, 0.5) is 24.8 Å². The van der Waals surface area contributed by atoms with Crippen molar-refractivity contribution in [1.29, 1.82) is 0 Å². The highest BCUT2D eigenvalue weighted by molar-refractivity contribution is 5.49. The lowest BCUT2D eigenvalue weighted by atomic mass is 10.2. The van der Waals surface area contributed by atoms with Gasteiger partial charge in [0.2, 0.25) is 0 Å². The van der Waals surface area contributed by atoms with E-state index in [1.165, 1.54) is 7.05 Å². The summed E-state index contributed by atoms with van der Waals surface area (Å²) in [7, 11) is 1.52. The van der Waals surface area contributed by atoms with Crippen LogP contribution in [0.15, 0.2) is 36.7 Å². The first-order valence-electron chi connectivity index (χ1n) is 5.89. The smallest absolute Gasteiger partial charge is 0.373 e. The van der Waals surface area contributed by atoms with E-state index in [9.17, 15) is 13.2 Å². The van der Waals surface area contributed by atoms with E-state index in [1.807, 2.05) is 0 Å². The molecular weight excluding hydrogens is 269 g/mol. The molecule has 0 radical (unpaired) electrons. The van der Waals surface area contributed by atoms with Crippen molar-refractivity contribution in [2.75, 3.05) is 17.7 Å². The maximum atomic E-state index is 12.8. The van der Waals surface area contributed by atoms with Gasteiger partial charge in [0.1, 0.15) is 11.6 Å². The Morgan fingerprint density at radius 2 is 1.75 bits per heavy atom. The second-order valence-electron chi connectivity index (χ2n) is 4.08. The van der Waals surface area contributed by atoms with Crippen molar-refractivity contribution in [1.82, 2.24) is 9.97 Å². The molecule has 0 atom stereocenters. The van der Waals surface area contributed by atoms with Crippen molar-refractivity contribution in [2.24, 2.45) is 0 Å². The zero-order valence-electron chi connectivity index (χ0n) is 10.7. The Balaban J connectivity index is 2.19. The summed E-state index contributed by atoms with van der Waals surface area (Å²) < 4.78 is 38.3. The van der Waals surface area contributed by atoms with Gasteiger partial charge in [-0.15, -0.1) is 0 Å². The molecule has 0 aliphatic carbocycles. The van der Waals surface area contributed by atoms with Crippen LogP contribution in [0.3, 0.4) is 0 Å². The van der Waals surface area contributed by atoms with Crippen LogP contribution in [0.1, 0.15) is 11.1 Å². The molecule has 2 rings (SSSR count). The zero-order valence-corrected chi connectivity index (χ0v) is 10.7. The molecule has 7 heteroatoms. The van der Waals surface area contributed by atoms with E-state index < -0.39 is 11.7 Å². The van der Waals surface area contributed by atoms with Gasteiger partial charge in [-0.1, -0.05) is 0 Å². The van der Waals surface area contributed by atoms with E-state index in [1.54, 1.807) is 24.5 Å². The second kappa shape index (κ2) is 5.77. The summed E-state index contributed by atoms with van der Waals surface area (Å²) in [5.41, 5.74) is 0.166. The van der Waals surface area contributed by atoms with Crippen LogP contribution in [0.25, 0.3) is 0 Å². The molecule has 0 bridgehead atoms. The van der Waals surface area contributed by atoms with E-state index in [2.05, 4.69) is 20.6 Å². The van der Waals surface area contributed by atoms with Crippen LogP contribution in [-0.2, 0) is 12.7 Å². The van der Waals surface area contributed by atoms with E-state index in [4.69, 9.17) is 0 Å². The topological polar surface area (TPSA) is 49.8 Å². The van der Waals surface area contributed by atoms with Crippen LogP contribution in [0, 0.1) is 0 Å². The number of hydrogen-bond acceptors (Lipinski definition) is 4. The first-order valence-corrected chi connectivity index (χ1v) is 5.89. The van der Waals surface area contributed by atoms with Crippen molar-refractivity contribution < 1.29 is 13.2 Å². The number of aromatic nitrogens is 2. The van der Waals surface area contributed by atoms with Crippen LogP contribution >= 0.6 is 0 Å². The monoisotopic (exact) mass is 282 g/mol. The highest BCUT2D eigenvalue weighted by Crippen LogP contribution is 2.32. The summed E-state index contributed by atoms with van der Waals surface area (Å²) in [6.45, 7) is 0.375. The first-order chi connectivity index (χ1) is 9.49. The largest absolute Gasteiger partial charge is 0.416 e. The zero-order chi connectivity index (χ0) is 14.6. The fourth-order valence-corrected chi connectivity index (χ4v) is 1.61. The molecule has 106 valence electrons. The van der Waals surface area contributed by atoms with Crippen molar-refractivity contribution in [3.63, 3.8) is 0 Å². The molecule has 2 aromatic rings. The lowest BCUT2D eigenvalue weighted by molar-refractivity contribution is -0.137. The van der Waals surface area contributed by atoms with Gasteiger partial charge in [0, 0.05) is 26.0 Å². The number of anilines is 2. The number of nitrogens with zero attached hydrogens (tertiary/aromatic N) is 2. The summed E-state index contributed by atoms with van der Waals surface area (Å²) in [6.07, 6.45) is -1.16. The molecule has 0 saturated carbocycles. The Morgan fingerprint density at radius 1 is 1.10 bits per heavy atom. The average molecular weight is 282 g/mol. The Hall–Kier alpha value is -2.31. The molecule has 0 saturated heterocycles. The van der Waals surface area contributed by atoms with Crippen molar-refractivity contribution >= 4 is 11.6 Å². The molecule has 2 heterocycles. The molecule has 0 amide bonds. The van der Waals surface area contributed by atoms with Gasteiger partial charge in [0.25, 0.3) is 0 Å². The van der Waals surface area contributed by atoms with Gasteiger partial charge in [-0.2, -0.15) is 13.2 Å². The van der Waals surface area contributed by atoms with Crippen LogP contribution in [0.5, 0.6) is 0 Å². The normalized spacial score (nSPS) is 11.2. The molecule has 0 spiro atoms. The fourth-order valence-electron chi connectivity index (χ4n) is 1.61. The minimum atomic E-state index is -4.40. The van der Waals surface area contributed by atoms with Gasteiger partial charge >= 0.3 is 6.18 Å². The first kappa shape index (κ1) is 14.1. The lowest BCUT2D eigenvalue weighted by Crippen LogP contribution is -2.09. The van der Waals surface area contributed by atoms with Crippen LogP contribution in [-0.4, -0.2) is 17.0 Å². The Morgan fingerprint density at radius 3 is 2.35 bits per heavy atom. The molecule has 0 aliphatic rings. The van der Waals surface area contributed by atoms with Crippen molar-refractivity contribution in [2.45, 2.75) is 12.7 Å². The highest BCUT2D eigenvalue weighted by Gasteiger charge is 2.31. The third-order valence-corrected chi connectivity index (χ3v) is 2.63. The summed E-state index contributed by atoms with van der Waals surface area (Å²) >= 11 is 0. The molecule has 2 N–H and O–H groups in total. The molecule has 0 fully saturated rings. The average Bonchev–Trinajstić information content (AvgIpc) is 2.45. The van der Waals surface area contributed by atoms with Gasteiger partial charge < -0.3 is 10.6 Å². The lowest BCUT2D eigenvalue weighted by Gasteiger charge is -2.12. The van der Waals surface area contributed by atoms with Gasteiger partial charge in [0.05, 0.1) is 5.56 Å². The van der Waals surface area contributed by atoms with Crippen molar-refractivity contribution in [3.8, 4) is 0 Å². The molecule has 0 aromatic carbocycles. The van der Waals surface area contributed by atoms with E-state index in [-0.39, 0.29) is 11.6 Å². The quantitative estimate of drug-likeness (QED) is 0.904. The molecular formula is C13H13F3N4. The standard InChI is InChI=1S/C13H13F3N4/c1-17-11-6-10(13(14,15)16)7-12(20-11)19-8-9-2-4-18-5-3-9/h2-7H,8H2,1H3,(H2,17,19,20). The number of pyridine rings is 2. The Kier molecular flexibility index (Phi) is 4.07. The number of halogens is 3. The fraction of sp³-hybridized carbons (Fsp3) is 0.231. The number of nitrogens with one attached hydrogen (secondary N) is 2. The van der Waals surface area contributed by atoms with Crippen LogP contribution < -0.4 is 10.6 Å². The summed E-state index contributed by atoms with van der Waals surface area (Å²) in [4.78, 5) is 7.91. The maximum absolute atomic E-state index is 12.8. The van der Waals surface area contributed by atoms with Gasteiger partial charge in [-0.05, 0) is 29.8 Å². The molecule has 2 aromatic heterocycles. The van der Waals surface area contributed by atoms with E-state index >= 15 is 0 Å². The summed E-state index contributed by atoms with van der Waals surface area (Å²) in [5.74, 6) is 0.332. The highest BCUT2D eigenvalue weighted by atomic mass is 19.4. The van der Waals surface area contributed by atoms with Gasteiger partial charge in [-0.3, -0.25) is 4.98 Å². The maximum Gasteiger partial charge on any atom is 0.416 e. The molecule has 0 unspecified atom stereocenters. The van der Waals surface area contributed by atoms with E-state index in [0.717, 1.165) is 17.7 Å². The van der Waals surface area contributed by atoms with E-state index in [0.29, 0.717) is 6.54 Å². The van der Waals surface area contributed by atoms with Gasteiger partial charge in [0.15, 0.2) is 0 Å². The van der Waals surface area contributed by atoms with Crippen LogP contribution in [0.2, 0.25) is 0 Å². The third kappa shape index (κ3) is 3.59. The van der Waals surface area contributed by atoms with Gasteiger partial charge in [-0.25, -0.2) is 4.98 Å². The summed E-state index contributed by atoms with van der Waals surface area (Å²) in [5, 5.41) is 5.49. The molecule has 0 aliphatic heterocycles. The third-order valence-electron chi connectivity index (χ3n) is 2.63. The SMILES string of the molecule is CNc1cc(C(F)(F)F)cc(NCc2ccncc2)n1. The minimum absolute atomic E-state index is 0.164. The van der Waals surface area contributed by atoms with Crippen molar-refractivity contribution in [3.05, 3.63) is 47.8 Å². The number of hydrogen-bond donors (Lipinski definition) is 2. The summed E-state index contributed by atoms with van der Waals surface area (Å²) in [6, 6.07) is 5.51. The molecule has 4 nitrogen and oxygen atoms in total. The number of rotatable bonds is 4. The second-order valence-corrected chi connectivity index (χ2v) is 4.08. The number of alkyl halides is 3.